The second kappa shape index (κ2) is 7.43. The van der Waals surface area contributed by atoms with Crippen LogP contribution in [0.5, 0.6) is 0 Å². The molecule has 4 nitrogen and oxygen atoms in total. The molecule has 146 valence electrons. The predicted molar refractivity (Wildman–Crippen MR) is 106 cm³/mol. The molecule has 0 saturated heterocycles. The number of nitrogens with one attached hydrogen (secondary N) is 1. The summed E-state index contributed by atoms with van der Waals surface area (Å²) in [6.45, 7) is 1.72. The van der Waals surface area contributed by atoms with Crippen LogP contribution in [0.25, 0.3) is 16.7 Å². The van der Waals surface area contributed by atoms with Crippen molar-refractivity contribution in [1.82, 2.24) is 9.55 Å². The van der Waals surface area contributed by atoms with Crippen molar-refractivity contribution in [3.63, 3.8) is 0 Å². The number of pyridine rings is 2. The molecule has 0 unspecified atom stereocenters. The van der Waals surface area contributed by atoms with Gasteiger partial charge in [0, 0.05) is 11.6 Å². The summed E-state index contributed by atoms with van der Waals surface area (Å²) in [5, 5.41) is 2.90. The number of fused-ring (bicyclic) bond motifs is 1. The van der Waals surface area contributed by atoms with Crippen LogP contribution in [0.1, 0.15) is 12.5 Å². The molecule has 1 N–H and O–H groups in total. The third-order valence-corrected chi connectivity index (χ3v) is 4.66. The van der Waals surface area contributed by atoms with Crippen molar-refractivity contribution in [3.8, 4) is 5.69 Å². The fourth-order valence-electron chi connectivity index (χ4n) is 3.33. The maximum absolute atomic E-state index is 14.7. The highest BCUT2D eigenvalue weighted by Crippen LogP contribution is 2.28. The smallest absolute Gasteiger partial charge is 0.193 e. The van der Waals surface area contributed by atoms with E-state index in [-0.39, 0.29) is 40.2 Å². The van der Waals surface area contributed by atoms with Crippen LogP contribution in [0, 0.1) is 17.5 Å². The SMILES string of the molecule is CCc1c(F)cnc2c1c(=O)cc(Nc1ccccc1F)n2-c1ccccc1F. The number of hydrogen-bond acceptors (Lipinski definition) is 3. The van der Waals surface area contributed by atoms with Crippen LogP contribution < -0.4 is 10.7 Å². The molecule has 2 aromatic heterocycles. The Balaban J connectivity index is 2.10. The van der Waals surface area contributed by atoms with E-state index in [0.717, 1.165) is 6.20 Å². The summed E-state index contributed by atoms with van der Waals surface area (Å²) < 4.78 is 44.5. The van der Waals surface area contributed by atoms with E-state index in [9.17, 15) is 18.0 Å². The number of aryl methyl sites for hydroxylation is 1. The lowest BCUT2D eigenvalue weighted by atomic mass is 10.1. The van der Waals surface area contributed by atoms with Gasteiger partial charge in [-0.1, -0.05) is 31.2 Å². The molecule has 4 rings (SSSR count). The average Bonchev–Trinajstić information content (AvgIpc) is 2.71. The van der Waals surface area contributed by atoms with Gasteiger partial charge in [-0.2, -0.15) is 0 Å². The first kappa shape index (κ1) is 18.7. The van der Waals surface area contributed by atoms with E-state index in [1.165, 1.54) is 47.0 Å². The highest BCUT2D eigenvalue weighted by atomic mass is 19.1. The lowest BCUT2D eigenvalue weighted by molar-refractivity contribution is 0.607. The monoisotopic (exact) mass is 395 g/mol. The first-order valence-electron chi connectivity index (χ1n) is 9.01. The van der Waals surface area contributed by atoms with Crippen LogP contribution in [-0.2, 0) is 6.42 Å². The number of anilines is 2. The number of nitrogens with zero attached hydrogens (tertiary/aromatic N) is 2. The molecule has 0 aliphatic heterocycles. The Morgan fingerprint density at radius 1 is 0.966 bits per heavy atom. The summed E-state index contributed by atoms with van der Waals surface area (Å²) in [4.78, 5) is 16.9. The maximum atomic E-state index is 14.7. The Hall–Kier alpha value is -3.61. The summed E-state index contributed by atoms with van der Waals surface area (Å²) in [6, 6.07) is 13.0. The average molecular weight is 395 g/mol. The van der Waals surface area contributed by atoms with Crippen molar-refractivity contribution in [2.75, 3.05) is 5.32 Å². The van der Waals surface area contributed by atoms with Crippen molar-refractivity contribution >= 4 is 22.5 Å². The van der Waals surface area contributed by atoms with Crippen LogP contribution in [-0.4, -0.2) is 9.55 Å². The Kier molecular flexibility index (Phi) is 4.80. The summed E-state index contributed by atoms with van der Waals surface area (Å²) in [7, 11) is 0. The fraction of sp³-hybridized carbons (Fsp3) is 0.0909. The van der Waals surface area contributed by atoms with Gasteiger partial charge in [-0.05, 0) is 30.7 Å². The zero-order valence-electron chi connectivity index (χ0n) is 15.4. The zero-order chi connectivity index (χ0) is 20.5. The Bertz CT molecular complexity index is 1280. The van der Waals surface area contributed by atoms with E-state index in [1.54, 1.807) is 19.1 Å². The third-order valence-electron chi connectivity index (χ3n) is 4.66. The molecule has 0 atom stereocenters. The van der Waals surface area contributed by atoms with Crippen LogP contribution in [0.2, 0.25) is 0 Å². The van der Waals surface area contributed by atoms with E-state index < -0.39 is 22.9 Å². The van der Waals surface area contributed by atoms with Crippen molar-refractivity contribution in [3.05, 3.63) is 94.0 Å². The lowest BCUT2D eigenvalue weighted by Crippen LogP contribution is -2.16. The van der Waals surface area contributed by atoms with Gasteiger partial charge in [0.25, 0.3) is 0 Å². The first-order chi connectivity index (χ1) is 14.0. The van der Waals surface area contributed by atoms with Crippen molar-refractivity contribution in [2.24, 2.45) is 0 Å². The molecular weight excluding hydrogens is 379 g/mol. The Labute approximate surface area is 164 Å². The first-order valence-corrected chi connectivity index (χ1v) is 9.01. The maximum Gasteiger partial charge on any atom is 0.193 e. The molecule has 0 fully saturated rings. The zero-order valence-corrected chi connectivity index (χ0v) is 15.4. The van der Waals surface area contributed by atoms with Gasteiger partial charge < -0.3 is 5.32 Å². The molecule has 2 aromatic carbocycles. The molecular formula is C22H16F3N3O. The minimum atomic E-state index is -0.605. The van der Waals surface area contributed by atoms with Crippen LogP contribution in [0.3, 0.4) is 0 Å². The fourth-order valence-corrected chi connectivity index (χ4v) is 3.33. The Morgan fingerprint density at radius 3 is 2.34 bits per heavy atom. The summed E-state index contributed by atoms with van der Waals surface area (Å²) in [6.07, 6.45) is 1.27. The number of benzene rings is 2. The quantitative estimate of drug-likeness (QED) is 0.522. The second-order valence-corrected chi connectivity index (χ2v) is 6.42. The van der Waals surface area contributed by atoms with Gasteiger partial charge in [0.1, 0.15) is 23.3 Å². The van der Waals surface area contributed by atoms with Gasteiger partial charge in [0.05, 0.1) is 23.0 Å². The molecule has 0 aliphatic carbocycles. The highest BCUT2D eigenvalue weighted by molar-refractivity contribution is 5.84. The molecule has 7 heteroatoms. The van der Waals surface area contributed by atoms with E-state index in [2.05, 4.69) is 10.3 Å². The van der Waals surface area contributed by atoms with Crippen LogP contribution in [0.15, 0.2) is 65.6 Å². The molecule has 4 aromatic rings. The van der Waals surface area contributed by atoms with Gasteiger partial charge in [0.2, 0.25) is 0 Å². The summed E-state index contributed by atoms with van der Waals surface area (Å²) >= 11 is 0. The number of hydrogen-bond donors (Lipinski definition) is 1. The van der Waals surface area contributed by atoms with Gasteiger partial charge in [0.15, 0.2) is 11.1 Å². The van der Waals surface area contributed by atoms with Crippen molar-refractivity contribution in [2.45, 2.75) is 13.3 Å². The molecule has 0 bridgehead atoms. The van der Waals surface area contributed by atoms with Gasteiger partial charge >= 0.3 is 0 Å². The highest BCUT2D eigenvalue weighted by Gasteiger charge is 2.19. The predicted octanol–water partition coefficient (Wildman–Crippen LogP) is 5.11. The molecule has 2 heterocycles. The normalized spacial score (nSPS) is 11.0. The molecule has 0 spiro atoms. The molecule has 0 saturated carbocycles. The molecule has 29 heavy (non-hydrogen) atoms. The second-order valence-electron chi connectivity index (χ2n) is 6.42. The molecule has 0 radical (unpaired) electrons. The largest absolute Gasteiger partial charge is 0.339 e. The van der Waals surface area contributed by atoms with Crippen LogP contribution in [0.4, 0.5) is 24.7 Å². The Morgan fingerprint density at radius 2 is 1.66 bits per heavy atom. The molecule has 0 aliphatic rings. The standard InChI is InChI=1S/C22H16F3N3O/c1-2-13-16(25)12-26-22-21(13)19(29)11-20(27-17-9-5-3-7-14(17)23)28(22)18-10-6-4-8-15(18)24/h3-12,27H,2H2,1H3. The van der Waals surface area contributed by atoms with Crippen molar-refractivity contribution in [1.29, 1.82) is 0 Å². The lowest BCUT2D eigenvalue weighted by Gasteiger charge is -2.19. The minimum Gasteiger partial charge on any atom is -0.339 e. The summed E-state index contributed by atoms with van der Waals surface area (Å²) in [5.74, 6) is -1.61. The molecule has 0 amide bonds. The number of aromatic nitrogens is 2. The summed E-state index contributed by atoms with van der Waals surface area (Å²) in [5.41, 5.74) is -0.0100. The van der Waals surface area contributed by atoms with Gasteiger partial charge in [-0.3, -0.25) is 9.36 Å². The van der Waals surface area contributed by atoms with Crippen LogP contribution >= 0.6 is 0 Å². The number of rotatable bonds is 4. The topological polar surface area (TPSA) is 46.9 Å². The van der Waals surface area contributed by atoms with Gasteiger partial charge in [-0.25, -0.2) is 18.2 Å². The number of halogens is 3. The van der Waals surface area contributed by atoms with E-state index in [1.807, 2.05) is 0 Å². The van der Waals surface area contributed by atoms with Crippen molar-refractivity contribution < 1.29 is 13.2 Å². The van der Waals surface area contributed by atoms with Gasteiger partial charge in [-0.15, -0.1) is 0 Å². The van der Waals surface area contributed by atoms with E-state index in [4.69, 9.17) is 0 Å². The number of para-hydroxylation sites is 2. The van der Waals surface area contributed by atoms with E-state index in [0.29, 0.717) is 0 Å². The minimum absolute atomic E-state index is 0.0647. The third kappa shape index (κ3) is 3.24. The van der Waals surface area contributed by atoms with E-state index >= 15 is 0 Å².